The summed E-state index contributed by atoms with van der Waals surface area (Å²) in [6, 6.07) is -1.59. The zero-order valence-electron chi connectivity index (χ0n) is 6.65. The molecule has 0 aromatic carbocycles. The van der Waals surface area contributed by atoms with Gasteiger partial charge in [-0.25, -0.2) is 0 Å². The Morgan fingerprint density at radius 2 is 2.08 bits per heavy atom. The highest BCUT2D eigenvalue weighted by Gasteiger charge is 2.40. The van der Waals surface area contributed by atoms with E-state index in [1.54, 1.807) is 5.38 Å². The number of rotatable bonds is 2. The molecule has 0 aliphatic rings. The molecule has 1 atom stereocenters. The van der Waals surface area contributed by atoms with E-state index in [0.717, 1.165) is 0 Å². The van der Waals surface area contributed by atoms with E-state index >= 15 is 0 Å². The lowest BCUT2D eigenvalue weighted by atomic mass is 10.1. The molecule has 0 saturated heterocycles. The van der Waals surface area contributed by atoms with Crippen LogP contribution in [0.1, 0.15) is 11.6 Å². The molecule has 0 fully saturated rings. The Bertz CT molecular complexity index is 284. The smallest absolute Gasteiger partial charge is 0.305 e. The molecule has 1 nitrogen and oxygen atoms in total. The lowest BCUT2D eigenvalue weighted by Gasteiger charge is -2.18. The SMILES string of the molecule is CNC(c1cscc1Br)C(F)(F)F. The maximum atomic E-state index is 12.4. The molecule has 1 aromatic rings. The summed E-state index contributed by atoms with van der Waals surface area (Å²) in [6.07, 6.45) is -4.25. The van der Waals surface area contributed by atoms with Crippen LogP contribution in [0.4, 0.5) is 13.2 Å². The highest BCUT2D eigenvalue weighted by atomic mass is 79.9. The van der Waals surface area contributed by atoms with E-state index in [1.807, 2.05) is 0 Å². The van der Waals surface area contributed by atoms with Gasteiger partial charge in [0.25, 0.3) is 0 Å². The summed E-state index contributed by atoms with van der Waals surface area (Å²) in [4.78, 5) is 0. The van der Waals surface area contributed by atoms with Crippen molar-refractivity contribution in [3.8, 4) is 0 Å². The second kappa shape index (κ2) is 3.98. The average Bonchev–Trinajstić information content (AvgIpc) is 2.35. The van der Waals surface area contributed by atoms with Crippen molar-refractivity contribution >= 4 is 27.3 Å². The molecule has 1 N–H and O–H groups in total. The van der Waals surface area contributed by atoms with Crippen LogP contribution >= 0.6 is 27.3 Å². The summed E-state index contributed by atoms with van der Waals surface area (Å²) in [5.41, 5.74) is 0.236. The average molecular weight is 274 g/mol. The quantitative estimate of drug-likeness (QED) is 0.872. The van der Waals surface area contributed by atoms with Crippen LogP contribution in [0.3, 0.4) is 0 Å². The Kier molecular flexibility index (Phi) is 3.37. The summed E-state index contributed by atoms with van der Waals surface area (Å²) in [7, 11) is 1.29. The van der Waals surface area contributed by atoms with Gasteiger partial charge in [-0.05, 0) is 28.4 Å². The molecule has 0 aliphatic heterocycles. The molecule has 0 aliphatic carbocycles. The zero-order valence-corrected chi connectivity index (χ0v) is 9.05. The van der Waals surface area contributed by atoms with Crippen molar-refractivity contribution in [1.82, 2.24) is 5.32 Å². The summed E-state index contributed by atoms with van der Waals surface area (Å²) in [5, 5.41) is 5.35. The summed E-state index contributed by atoms with van der Waals surface area (Å²) < 4.78 is 37.6. The van der Waals surface area contributed by atoms with Crippen LogP contribution < -0.4 is 5.32 Å². The molecule has 13 heavy (non-hydrogen) atoms. The van der Waals surface area contributed by atoms with Crippen LogP contribution in [0.5, 0.6) is 0 Å². The number of hydrogen-bond donors (Lipinski definition) is 1. The van der Waals surface area contributed by atoms with Gasteiger partial charge in [-0.2, -0.15) is 24.5 Å². The lowest BCUT2D eigenvalue weighted by Crippen LogP contribution is -2.31. The van der Waals surface area contributed by atoms with Gasteiger partial charge < -0.3 is 5.32 Å². The third kappa shape index (κ3) is 2.45. The van der Waals surface area contributed by atoms with Crippen molar-refractivity contribution in [2.45, 2.75) is 12.2 Å². The number of thiophene rings is 1. The van der Waals surface area contributed by atoms with Gasteiger partial charge in [0, 0.05) is 15.4 Å². The third-order valence-electron chi connectivity index (χ3n) is 1.57. The highest BCUT2D eigenvalue weighted by Crippen LogP contribution is 2.37. The molecule has 0 radical (unpaired) electrons. The maximum absolute atomic E-state index is 12.4. The minimum Gasteiger partial charge on any atom is -0.305 e. The van der Waals surface area contributed by atoms with Crippen molar-refractivity contribution in [1.29, 1.82) is 0 Å². The topological polar surface area (TPSA) is 12.0 Å². The minimum atomic E-state index is -4.25. The third-order valence-corrected chi connectivity index (χ3v) is 3.32. The molecular weight excluding hydrogens is 267 g/mol. The van der Waals surface area contributed by atoms with Gasteiger partial charge in [0.1, 0.15) is 6.04 Å². The molecule has 0 amide bonds. The van der Waals surface area contributed by atoms with E-state index in [9.17, 15) is 13.2 Å². The molecule has 1 unspecified atom stereocenters. The fourth-order valence-corrected chi connectivity index (χ4v) is 2.54. The zero-order chi connectivity index (χ0) is 10.1. The number of alkyl halides is 3. The summed E-state index contributed by atoms with van der Waals surface area (Å²) in [6.45, 7) is 0. The highest BCUT2D eigenvalue weighted by molar-refractivity contribution is 9.10. The largest absolute Gasteiger partial charge is 0.407 e. The van der Waals surface area contributed by atoms with Crippen molar-refractivity contribution in [2.24, 2.45) is 0 Å². The van der Waals surface area contributed by atoms with Gasteiger partial charge in [-0.1, -0.05) is 0 Å². The first-order valence-electron chi connectivity index (χ1n) is 3.42. The predicted molar refractivity (Wildman–Crippen MR) is 49.9 cm³/mol. The summed E-state index contributed by atoms with van der Waals surface area (Å²) >= 11 is 4.31. The maximum Gasteiger partial charge on any atom is 0.407 e. The number of halogens is 4. The van der Waals surface area contributed by atoms with Gasteiger partial charge in [-0.3, -0.25) is 0 Å². The molecule has 6 heteroatoms. The molecule has 0 saturated carbocycles. The monoisotopic (exact) mass is 273 g/mol. The Morgan fingerprint density at radius 1 is 1.46 bits per heavy atom. The van der Waals surface area contributed by atoms with E-state index in [1.165, 1.54) is 23.8 Å². The van der Waals surface area contributed by atoms with Crippen LogP contribution in [0.25, 0.3) is 0 Å². The van der Waals surface area contributed by atoms with E-state index < -0.39 is 12.2 Å². The van der Waals surface area contributed by atoms with E-state index in [4.69, 9.17) is 0 Å². The first-order valence-corrected chi connectivity index (χ1v) is 5.16. The van der Waals surface area contributed by atoms with Gasteiger partial charge in [0.15, 0.2) is 0 Å². The van der Waals surface area contributed by atoms with Crippen LogP contribution in [0, 0.1) is 0 Å². The van der Waals surface area contributed by atoms with Gasteiger partial charge in [0.2, 0.25) is 0 Å². The first kappa shape index (κ1) is 11.0. The fourth-order valence-electron chi connectivity index (χ4n) is 0.993. The van der Waals surface area contributed by atoms with Crippen LogP contribution in [-0.2, 0) is 0 Å². The molecule has 1 heterocycles. The molecular formula is C7H7BrF3NS. The summed E-state index contributed by atoms with van der Waals surface area (Å²) in [5.74, 6) is 0. The Labute approximate surface area is 86.1 Å². The second-order valence-corrected chi connectivity index (χ2v) is 4.04. The molecule has 74 valence electrons. The standard InChI is InChI=1S/C7H7BrF3NS/c1-12-6(7(9,10)11)4-2-13-3-5(4)8/h2-3,6,12H,1H3. The molecule has 0 spiro atoms. The van der Waals surface area contributed by atoms with E-state index in [-0.39, 0.29) is 5.56 Å². The molecule has 0 bridgehead atoms. The van der Waals surface area contributed by atoms with Gasteiger partial charge in [0.05, 0.1) is 0 Å². The van der Waals surface area contributed by atoms with E-state index in [0.29, 0.717) is 4.47 Å². The molecule has 1 rings (SSSR count). The number of hydrogen-bond acceptors (Lipinski definition) is 2. The minimum absolute atomic E-state index is 0.236. The molecule has 1 aromatic heterocycles. The van der Waals surface area contributed by atoms with Crippen molar-refractivity contribution < 1.29 is 13.2 Å². The lowest BCUT2D eigenvalue weighted by molar-refractivity contribution is -0.156. The number of nitrogens with one attached hydrogen (secondary N) is 1. The normalized spacial score (nSPS) is 14.5. The van der Waals surface area contributed by atoms with Crippen molar-refractivity contribution in [3.05, 3.63) is 20.8 Å². The van der Waals surface area contributed by atoms with Gasteiger partial charge in [-0.15, -0.1) is 0 Å². The van der Waals surface area contributed by atoms with Crippen LogP contribution in [0.15, 0.2) is 15.2 Å². The van der Waals surface area contributed by atoms with Crippen molar-refractivity contribution in [2.75, 3.05) is 7.05 Å². The second-order valence-electron chi connectivity index (χ2n) is 2.44. The van der Waals surface area contributed by atoms with Gasteiger partial charge >= 0.3 is 6.18 Å². The Morgan fingerprint density at radius 3 is 2.38 bits per heavy atom. The van der Waals surface area contributed by atoms with E-state index in [2.05, 4.69) is 21.2 Å². The van der Waals surface area contributed by atoms with Crippen LogP contribution in [0.2, 0.25) is 0 Å². The van der Waals surface area contributed by atoms with Crippen LogP contribution in [-0.4, -0.2) is 13.2 Å². The first-order chi connectivity index (χ1) is 5.96. The fraction of sp³-hybridized carbons (Fsp3) is 0.429. The van der Waals surface area contributed by atoms with Crippen molar-refractivity contribution in [3.63, 3.8) is 0 Å². The Hall–Kier alpha value is -0.0700. The predicted octanol–water partition coefficient (Wildman–Crippen LogP) is 3.33. The Balaban J connectivity index is 2.98.